The summed E-state index contributed by atoms with van der Waals surface area (Å²) in [4.78, 5) is 12.2. The van der Waals surface area contributed by atoms with Crippen LogP contribution in [0.3, 0.4) is 0 Å². The minimum absolute atomic E-state index is 0.182. The van der Waals surface area contributed by atoms with Crippen molar-refractivity contribution < 1.29 is 13.2 Å². The Morgan fingerprint density at radius 2 is 1.55 bits per heavy atom. The molecule has 2 aromatic carbocycles. The lowest BCUT2D eigenvalue weighted by molar-refractivity contribution is 0.102. The van der Waals surface area contributed by atoms with Crippen molar-refractivity contribution in [2.75, 3.05) is 5.75 Å². The summed E-state index contributed by atoms with van der Waals surface area (Å²) < 4.78 is 25.3. The van der Waals surface area contributed by atoms with Crippen LogP contribution in [0.5, 0.6) is 0 Å². The summed E-state index contributed by atoms with van der Waals surface area (Å²) in [6, 6.07) is 13.4. The van der Waals surface area contributed by atoms with E-state index in [9.17, 15) is 13.2 Å². The van der Waals surface area contributed by atoms with E-state index in [-0.39, 0.29) is 10.7 Å². The Morgan fingerprint density at radius 1 is 1.00 bits per heavy atom. The van der Waals surface area contributed by atoms with E-state index in [0.717, 1.165) is 9.13 Å². The molecule has 0 aromatic heterocycles. The van der Waals surface area contributed by atoms with E-state index in [2.05, 4.69) is 22.6 Å². The maximum absolute atomic E-state index is 12.2. The minimum Gasteiger partial charge on any atom is -0.293 e. The van der Waals surface area contributed by atoms with Gasteiger partial charge in [0.1, 0.15) is 5.75 Å². The fourth-order valence-corrected chi connectivity index (χ4v) is 3.31. The van der Waals surface area contributed by atoms with Crippen LogP contribution in [0.1, 0.15) is 15.9 Å². The molecule has 0 radical (unpaired) electrons. The van der Waals surface area contributed by atoms with Crippen molar-refractivity contribution in [3.8, 4) is 0 Å². The third kappa shape index (κ3) is 3.67. The average molecular weight is 400 g/mol. The van der Waals surface area contributed by atoms with Gasteiger partial charge in [-0.05, 0) is 53.8 Å². The third-order valence-electron chi connectivity index (χ3n) is 2.87. The number of hydrogen-bond donors (Lipinski definition) is 0. The molecule has 0 spiro atoms. The predicted molar refractivity (Wildman–Crippen MR) is 86.7 cm³/mol. The molecule has 0 atom stereocenters. The predicted octanol–water partition coefficient (Wildman–Crippen LogP) is 3.26. The molecule has 0 N–H and O–H groups in total. The van der Waals surface area contributed by atoms with Crippen molar-refractivity contribution in [3.05, 3.63) is 63.2 Å². The number of rotatable bonds is 4. The molecule has 0 unspecified atom stereocenters. The first-order chi connectivity index (χ1) is 9.38. The Labute approximate surface area is 132 Å². The van der Waals surface area contributed by atoms with Gasteiger partial charge < -0.3 is 0 Å². The molecular weight excluding hydrogens is 387 g/mol. The van der Waals surface area contributed by atoms with Gasteiger partial charge >= 0.3 is 0 Å². The minimum atomic E-state index is -3.59. The number of halogens is 1. The molecule has 5 heteroatoms. The lowest BCUT2D eigenvalue weighted by Gasteiger charge is -2.05. The zero-order valence-electron chi connectivity index (χ0n) is 10.8. The molecule has 0 fully saturated rings. The number of Topliss-reactive ketones (excluding diaryl/α,β-unsaturated/α-hetero) is 1. The van der Waals surface area contributed by atoms with Crippen molar-refractivity contribution >= 4 is 38.2 Å². The summed E-state index contributed by atoms with van der Waals surface area (Å²) in [6.45, 7) is 1.88. The van der Waals surface area contributed by atoms with Gasteiger partial charge in [-0.3, -0.25) is 4.79 Å². The fourth-order valence-electron chi connectivity index (χ4n) is 1.72. The molecule has 0 amide bonds. The van der Waals surface area contributed by atoms with Crippen LogP contribution >= 0.6 is 22.6 Å². The number of carbonyl (C=O) groups excluding carboxylic acids is 1. The largest absolute Gasteiger partial charge is 0.293 e. The molecule has 0 saturated heterocycles. The van der Waals surface area contributed by atoms with Gasteiger partial charge in [0.25, 0.3) is 0 Å². The normalized spacial score (nSPS) is 11.3. The summed E-state index contributed by atoms with van der Waals surface area (Å²) in [5.74, 6) is -0.890. The van der Waals surface area contributed by atoms with Crippen molar-refractivity contribution in [1.82, 2.24) is 0 Å². The Kier molecular flexibility index (Phi) is 4.59. The third-order valence-corrected chi connectivity index (χ3v) is 5.22. The quantitative estimate of drug-likeness (QED) is 0.585. The number of sulfone groups is 1. The molecule has 0 aliphatic rings. The average Bonchev–Trinajstić information content (AvgIpc) is 2.39. The van der Waals surface area contributed by atoms with Gasteiger partial charge in [0, 0.05) is 9.13 Å². The van der Waals surface area contributed by atoms with Crippen LogP contribution in [0, 0.1) is 10.5 Å². The monoisotopic (exact) mass is 400 g/mol. The number of carbonyl (C=O) groups is 1. The molecule has 104 valence electrons. The first kappa shape index (κ1) is 15.2. The van der Waals surface area contributed by atoms with Gasteiger partial charge in [0.15, 0.2) is 15.6 Å². The smallest absolute Gasteiger partial charge is 0.185 e. The maximum atomic E-state index is 12.2. The zero-order valence-corrected chi connectivity index (χ0v) is 13.8. The van der Waals surface area contributed by atoms with Crippen LogP contribution in [0.4, 0.5) is 0 Å². The first-order valence-corrected chi connectivity index (χ1v) is 8.70. The van der Waals surface area contributed by atoms with Crippen molar-refractivity contribution in [2.45, 2.75) is 11.8 Å². The van der Waals surface area contributed by atoms with Crippen LogP contribution in [0.25, 0.3) is 0 Å². The topological polar surface area (TPSA) is 51.2 Å². The Hall–Kier alpha value is -1.21. The summed E-state index contributed by atoms with van der Waals surface area (Å²) in [5, 5.41) is 0. The SMILES string of the molecule is Cc1ccc(S(=O)(=O)CC(=O)c2ccc(I)cc2)cc1. The van der Waals surface area contributed by atoms with E-state index >= 15 is 0 Å². The summed E-state index contributed by atoms with van der Waals surface area (Å²) in [7, 11) is -3.59. The van der Waals surface area contributed by atoms with Crippen molar-refractivity contribution in [1.29, 1.82) is 0 Å². The number of benzene rings is 2. The zero-order chi connectivity index (χ0) is 14.8. The molecular formula is C15H13IO3S. The molecule has 0 saturated carbocycles. The second kappa shape index (κ2) is 6.05. The number of hydrogen-bond acceptors (Lipinski definition) is 3. The van der Waals surface area contributed by atoms with Gasteiger partial charge in [-0.1, -0.05) is 29.8 Å². The summed E-state index contributed by atoms with van der Waals surface area (Å²) in [5.41, 5.74) is 1.40. The Bertz CT molecular complexity index is 717. The van der Waals surface area contributed by atoms with Crippen LogP contribution in [0.2, 0.25) is 0 Å². The molecule has 2 rings (SSSR count). The van der Waals surface area contributed by atoms with Gasteiger partial charge in [-0.2, -0.15) is 0 Å². The van der Waals surface area contributed by atoms with Crippen LogP contribution in [-0.2, 0) is 9.84 Å². The summed E-state index contributed by atoms with van der Waals surface area (Å²) >= 11 is 2.13. The second-order valence-corrected chi connectivity index (χ2v) is 7.74. The standard InChI is InChI=1S/C15H13IO3S/c1-11-2-8-14(9-3-11)20(18,19)10-15(17)12-4-6-13(16)7-5-12/h2-9H,10H2,1H3. The van der Waals surface area contributed by atoms with Crippen LogP contribution in [0.15, 0.2) is 53.4 Å². The Balaban J connectivity index is 2.22. The molecule has 3 nitrogen and oxygen atoms in total. The lowest BCUT2D eigenvalue weighted by atomic mass is 10.2. The van der Waals surface area contributed by atoms with Crippen LogP contribution < -0.4 is 0 Å². The van der Waals surface area contributed by atoms with Crippen molar-refractivity contribution in [3.63, 3.8) is 0 Å². The lowest BCUT2D eigenvalue weighted by Crippen LogP contribution is -2.16. The van der Waals surface area contributed by atoms with E-state index in [0.29, 0.717) is 5.56 Å². The second-order valence-electron chi connectivity index (χ2n) is 4.50. The van der Waals surface area contributed by atoms with E-state index in [1.807, 2.05) is 6.92 Å². The number of ketones is 1. The molecule has 0 aliphatic heterocycles. The molecule has 0 bridgehead atoms. The van der Waals surface area contributed by atoms with Gasteiger partial charge in [0.2, 0.25) is 0 Å². The molecule has 0 aliphatic carbocycles. The van der Waals surface area contributed by atoms with Gasteiger partial charge in [-0.15, -0.1) is 0 Å². The highest BCUT2D eigenvalue weighted by Gasteiger charge is 2.20. The van der Waals surface area contributed by atoms with Gasteiger partial charge in [0.05, 0.1) is 4.90 Å². The molecule has 20 heavy (non-hydrogen) atoms. The Morgan fingerprint density at radius 3 is 2.10 bits per heavy atom. The van der Waals surface area contributed by atoms with E-state index in [1.54, 1.807) is 36.4 Å². The van der Waals surface area contributed by atoms with E-state index < -0.39 is 15.6 Å². The van der Waals surface area contributed by atoms with Gasteiger partial charge in [-0.25, -0.2) is 8.42 Å². The molecule has 2 aromatic rings. The number of aryl methyl sites for hydroxylation is 1. The molecule has 0 heterocycles. The highest BCUT2D eigenvalue weighted by Crippen LogP contribution is 2.15. The summed E-state index contributed by atoms with van der Waals surface area (Å²) in [6.07, 6.45) is 0. The first-order valence-electron chi connectivity index (χ1n) is 5.97. The highest BCUT2D eigenvalue weighted by molar-refractivity contribution is 14.1. The van der Waals surface area contributed by atoms with E-state index in [4.69, 9.17) is 0 Å². The van der Waals surface area contributed by atoms with Crippen LogP contribution in [-0.4, -0.2) is 20.0 Å². The van der Waals surface area contributed by atoms with E-state index in [1.165, 1.54) is 12.1 Å². The maximum Gasteiger partial charge on any atom is 0.185 e. The highest BCUT2D eigenvalue weighted by atomic mass is 127. The van der Waals surface area contributed by atoms with Crippen molar-refractivity contribution in [2.24, 2.45) is 0 Å². The fraction of sp³-hybridized carbons (Fsp3) is 0.133.